The summed E-state index contributed by atoms with van der Waals surface area (Å²) in [5, 5.41) is 3.64. The normalized spacial score (nSPS) is 11.8. The second-order valence-corrected chi connectivity index (χ2v) is 19.2. The van der Waals surface area contributed by atoms with Crippen molar-refractivity contribution in [2.45, 2.75) is 19.8 Å². The maximum absolute atomic E-state index is 15.4. The van der Waals surface area contributed by atoms with E-state index in [9.17, 15) is 52.7 Å². The highest BCUT2D eigenvalue weighted by molar-refractivity contribution is 7.92. The van der Waals surface area contributed by atoms with Gasteiger partial charge in [-0.05, 0) is 60.0 Å². The minimum Gasteiger partial charge on any atom is -0.334 e. The highest BCUT2D eigenvalue weighted by Gasteiger charge is 2.53. The fraction of sp³-hybridized carbons (Fsp3) is 0.0588. The Labute approximate surface area is 405 Å². The molecule has 0 aliphatic heterocycles. The lowest BCUT2D eigenvalue weighted by molar-refractivity contribution is 0.378. The SMILES string of the molecule is CC(C)c1ccc(O[P+](c2ccccc2)(c2ccccc2)c2ccccc2)cc1.Fc1c(F)c(F)c([B-](c2c(F)c(F)c(F)c(F)c2F)(c2c(F)c(F)c(F)c(F)c2F)c2c(F)c(F)c(F)c(F)c2F)c(F)c1F. The maximum atomic E-state index is 15.4. The van der Waals surface area contributed by atoms with Crippen LogP contribution in [-0.4, -0.2) is 6.15 Å². The molecule has 384 valence electrons. The van der Waals surface area contributed by atoms with E-state index in [1.54, 1.807) is 0 Å². The van der Waals surface area contributed by atoms with Crippen LogP contribution < -0.4 is 42.3 Å². The zero-order chi connectivity index (χ0) is 54.5. The van der Waals surface area contributed by atoms with Crippen molar-refractivity contribution >= 4 is 51.4 Å². The van der Waals surface area contributed by atoms with Crippen LogP contribution in [-0.2, 0) is 0 Å². The molecule has 0 saturated carbocycles. The van der Waals surface area contributed by atoms with E-state index in [2.05, 4.69) is 129 Å². The van der Waals surface area contributed by atoms with Gasteiger partial charge in [0.2, 0.25) is 0 Å². The van der Waals surface area contributed by atoms with E-state index in [0.29, 0.717) is 5.92 Å². The van der Waals surface area contributed by atoms with Gasteiger partial charge in [-0.15, -0.1) is 21.9 Å². The summed E-state index contributed by atoms with van der Waals surface area (Å²) in [5.74, 6) is -70.0. The lowest BCUT2D eigenvalue weighted by atomic mass is 9.12. The van der Waals surface area contributed by atoms with Crippen molar-refractivity contribution in [2.75, 3.05) is 0 Å². The molecule has 0 unspecified atom stereocenters. The van der Waals surface area contributed by atoms with E-state index < -0.39 is 152 Å². The molecule has 8 rings (SSSR count). The first kappa shape index (κ1) is 54.4. The molecule has 0 saturated heterocycles. The van der Waals surface area contributed by atoms with Crippen LogP contribution in [0.1, 0.15) is 25.3 Å². The average molecular weight is 1080 g/mol. The molecule has 0 heterocycles. The summed E-state index contributed by atoms with van der Waals surface area (Å²) in [4.78, 5) is 0. The van der Waals surface area contributed by atoms with Crippen LogP contribution in [0.5, 0.6) is 5.75 Å². The van der Waals surface area contributed by atoms with E-state index in [1.807, 2.05) is 0 Å². The zero-order valence-corrected chi connectivity index (χ0v) is 37.9. The van der Waals surface area contributed by atoms with Crippen molar-refractivity contribution in [3.05, 3.63) is 237 Å². The second kappa shape index (κ2) is 20.9. The van der Waals surface area contributed by atoms with E-state index in [-0.39, 0.29) is 0 Å². The molecule has 0 fully saturated rings. The molecular formula is C51H26BF20OP. The Morgan fingerprint density at radius 1 is 0.284 bits per heavy atom. The molecule has 0 spiro atoms. The quantitative estimate of drug-likeness (QED) is 0.0436. The van der Waals surface area contributed by atoms with Gasteiger partial charge in [-0.25, -0.2) is 87.8 Å². The van der Waals surface area contributed by atoms with Crippen LogP contribution in [0.4, 0.5) is 87.8 Å². The third-order valence-electron chi connectivity index (χ3n) is 11.9. The van der Waals surface area contributed by atoms with Crippen molar-refractivity contribution in [1.82, 2.24) is 0 Å². The van der Waals surface area contributed by atoms with Crippen LogP contribution in [0.2, 0.25) is 0 Å². The molecule has 1 nitrogen and oxygen atoms in total. The molecule has 0 amide bonds. The Morgan fingerprint density at radius 2 is 0.486 bits per heavy atom. The number of benzene rings is 8. The molecule has 0 aromatic heterocycles. The first-order chi connectivity index (χ1) is 34.9. The molecule has 0 aliphatic carbocycles. The summed E-state index contributed by atoms with van der Waals surface area (Å²) in [7, 11) is -2.31. The van der Waals surface area contributed by atoms with E-state index in [1.165, 1.54) is 21.5 Å². The molecule has 0 bridgehead atoms. The van der Waals surface area contributed by atoms with Crippen LogP contribution in [0, 0.1) is 116 Å². The van der Waals surface area contributed by atoms with Crippen molar-refractivity contribution in [3.8, 4) is 5.75 Å². The Hall–Kier alpha value is -7.35. The van der Waals surface area contributed by atoms with E-state index >= 15 is 35.1 Å². The van der Waals surface area contributed by atoms with Gasteiger partial charge in [-0.3, -0.25) is 0 Å². The Morgan fingerprint density at radius 3 is 0.689 bits per heavy atom. The van der Waals surface area contributed by atoms with Crippen LogP contribution in [0.25, 0.3) is 0 Å². The summed E-state index contributed by atoms with van der Waals surface area (Å²) < 4.78 is 301. The fourth-order valence-corrected chi connectivity index (χ4v) is 11.9. The Kier molecular flexibility index (Phi) is 15.4. The molecule has 8 aromatic carbocycles. The molecule has 0 N–H and O–H groups in total. The minimum atomic E-state index is -7.22. The topological polar surface area (TPSA) is 9.23 Å². The summed E-state index contributed by atoms with van der Waals surface area (Å²) in [5.41, 5.74) is -13.0. The predicted octanol–water partition coefficient (Wildman–Crippen LogP) is 11.9. The molecule has 23 heteroatoms. The van der Waals surface area contributed by atoms with Gasteiger partial charge in [-0.2, -0.15) is 0 Å². The number of rotatable bonds is 10. The number of hydrogen-bond donors (Lipinski definition) is 0. The van der Waals surface area contributed by atoms with Crippen molar-refractivity contribution in [2.24, 2.45) is 0 Å². The van der Waals surface area contributed by atoms with Gasteiger partial charge in [0.25, 0.3) is 7.49 Å². The van der Waals surface area contributed by atoms with Crippen molar-refractivity contribution in [3.63, 3.8) is 0 Å². The van der Waals surface area contributed by atoms with Gasteiger partial charge < -0.3 is 4.52 Å². The van der Waals surface area contributed by atoms with E-state index in [4.69, 9.17) is 4.52 Å². The Balaban J connectivity index is 0.000000237. The standard InChI is InChI=1S/C27H26OP.C24BF20/c1-22(2)23-18-20-24(21-19-23)28-29(25-12-6-3-7-13-25,26-14-8-4-9-15-26)27-16-10-5-11-17-27;26-5-1(6(27)14(35)21(42)13(5)34)25(2-7(28)15(36)22(43)16(37)8(2)29,3-9(30)17(38)23(44)18(39)10(3)31)4-11(32)19(40)24(45)20(41)12(4)33/h3-22H,1-2H3;/q+1;-1. The lowest BCUT2D eigenvalue weighted by Crippen LogP contribution is -2.81. The van der Waals surface area contributed by atoms with Gasteiger partial charge in [0, 0.05) is 0 Å². The van der Waals surface area contributed by atoms with Crippen LogP contribution >= 0.6 is 7.49 Å². The third kappa shape index (κ3) is 8.69. The van der Waals surface area contributed by atoms with Gasteiger partial charge in [0.05, 0.1) is 0 Å². The largest absolute Gasteiger partial charge is 0.334 e. The predicted molar refractivity (Wildman–Crippen MR) is 236 cm³/mol. The molecule has 8 aromatic rings. The van der Waals surface area contributed by atoms with E-state index in [0.717, 1.165) is 5.75 Å². The molecule has 0 aliphatic rings. The van der Waals surface area contributed by atoms with Gasteiger partial charge in [-0.1, -0.05) is 80.6 Å². The first-order valence-electron chi connectivity index (χ1n) is 21.0. The number of halogens is 20. The van der Waals surface area contributed by atoms with Gasteiger partial charge in [0.15, 0.2) is 75.6 Å². The minimum absolute atomic E-state index is 0.501. The maximum Gasteiger partial charge on any atom is 0.287 e. The second-order valence-electron chi connectivity index (χ2n) is 16.2. The fourth-order valence-electron chi connectivity index (χ4n) is 8.47. The summed E-state index contributed by atoms with van der Waals surface area (Å²) >= 11 is 0. The zero-order valence-electron chi connectivity index (χ0n) is 37.0. The van der Waals surface area contributed by atoms with Crippen molar-refractivity contribution in [1.29, 1.82) is 0 Å². The van der Waals surface area contributed by atoms with Crippen LogP contribution in [0.15, 0.2) is 115 Å². The molecular weight excluding hydrogens is 1050 g/mol. The summed E-state index contributed by atoms with van der Waals surface area (Å²) in [6, 6.07) is 40.5. The highest BCUT2D eigenvalue weighted by Crippen LogP contribution is 2.56. The summed E-state index contributed by atoms with van der Waals surface area (Å²) in [6.07, 6.45) is -7.22. The number of hydrogen-bond acceptors (Lipinski definition) is 1. The average Bonchev–Trinajstić information content (AvgIpc) is 3.41. The molecule has 74 heavy (non-hydrogen) atoms. The smallest absolute Gasteiger partial charge is 0.287 e. The van der Waals surface area contributed by atoms with Gasteiger partial charge in [0.1, 0.15) is 68.6 Å². The van der Waals surface area contributed by atoms with Crippen molar-refractivity contribution < 1.29 is 92.3 Å². The molecule has 0 atom stereocenters. The monoisotopic (exact) mass is 1080 g/mol. The molecule has 0 radical (unpaired) electrons. The Bertz CT molecular complexity index is 2960. The summed E-state index contributed by atoms with van der Waals surface area (Å²) in [6.45, 7) is 4.43. The lowest BCUT2D eigenvalue weighted by Gasteiger charge is -2.44. The van der Waals surface area contributed by atoms with Gasteiger partial charge >= 0.3 is 0 Å². The van der Waals surface area contributed by atoms with Crippen LogP contribution in [0.3, 0.4) is 0 Å². The third-order valence-corrected chi connectivity index (χ3v) is 15.4. The first-order valence-corrected chi connectivity index (χ1v) is 22.7. The highest BCUT2D eigenvalue weighted by atomic mass is 31.2.